The van der Waals surface area contributed by atoms with E-state index in [-0.39, 0.29) is 12.4 Å². The van der Waals surface area contributed by atoms with E-state index in [1.807, 2.05) is 0 Å². The molecule has 1 aromatic rings. The molecule has 1 aliphatic rings. The van der Waals surface area contributed by atoms with E-state index in [1.54, 1.807) is 6.20 Å². The normalized spacial score (nSPS) is 14.7. The minimum atomic E-state index is 0. The van der Waals surface area contributed by atoms with Crippen LogP contribution in [0.25, 0.3) is 0 Å². The van der Waals surface area contributed by atoms with Gasteiger partial charge in [0.25, 0.3) is 0 Å². The second-order valence-corrected chi connectivity index (χ2v) is 2.50. The first kappa shape index (κ1) is 9.22. The summed E-state index contributed by atoms with van der Waals surface area (Å²) in [5.41, 5.74) is 7.51. The van der Waals surface area contributed by atoms with Crippen LogP contribution in [0.3, 0.4) is 0 Å². The van der Waals surface area contributed by atoms with Gasteiger partial charge in [-0.3, -0.25) is 0 Å². The first-order valence-corrected chi connectivity index (χ1v) is 3.54. The highest BCUT2D eigenvalue weighted by molar-refractivity contribution is 5.85. The van der Waals surface area contributed by atoms with E-state index < -0.39 is 0 Å². The van der Waals surface area contributed by atoms with Crippen molar-refractivity contribution in [2.24, 2.45) is 0 Å². The second-order valence-electron chi connectivity index (χ2n) is 2.50. The topological polar surface area (TPSA) is 61.0 Å². The van der Waals surface area contributed by atoms with Crippen LogP contribution < -0.4 is 5.73 Å². The van der Waals surface area contributed by atoms with Gasteiger partial charge >= 0.3 is 0 Å². The van der Waals surface area contributed by atoms with Gasteiger partial charge in [0.05, 0.1) is 18.9 Å². The molecule has 2 rings (SSSR count). The van der Waals surface area contributed by atoms with Crippen molar-refractivity contribution in [2.45, 2.75) is 13.0 Å². The van der Waals surface area contributed by atoms with Gasteiger partial charge in [0, 0.05) is 18.2 Å². The summed E-state index contributed by atoms with van der Waals surface area (Å²) in [5, 5.41) is 0. The third-order valence-corrected chi connectivity index (χ3v) is 1.71. The maximum atomic E-state index is 5.42. The number of rotatable bonds is 0. The summed E-state index contributed by atoms with van der Waals surface area (Å²) in [7, 11) is 0. The standard InChI is InChI=1S/C7H9N3O.ClH/c8-7-9-3-5-4-11-2-1-6(5)10-7;/h3H,1-2,4H2,(H2,8,9,10);1H. The van der Waals surface area contributed by atoms with E-state index in [9.17, 15) is 0 Å². The molecule has 0 radical (unpaired) electrons. The maximum Gasteiger partial charge on any atom is 0.220 e. The summed E-state index contributed by atoms with van der Waals surface area (Å²) in [5.74, 6) is 0.352. The third-order valence-electron chi connectivity index (χ3n) is 1.71. The molecule has 0 amide bonds. The van der Waals surface area contributed by atoms with E-state index in [2.05, 4.69) is 9.97 Å². The molecule has 1 aliphatic heterocycles. The molecule has 2 N–H and O–H groups in total. The minimum Gasteiger partial charge on any atom is -0.376 e. The highest BCUT2D eigenvalue weighted by Gasteiger charge is 2.10. The number of hydrogen-bond donors (Lipinski definition) is 1. The lowest BCUT2D eigenvalue weighted by atomic mass is 10.1. The van der Waals surface area contributed by atoms with Crippen molar-refractivity contribution in [3.05, 3.63) is 17.5 Å². The molecule has 0 saturated heterocycles. The lowest BCUT2D eigenvalue weighted by molar-refractivity contribution is 0.109. The van der Waals surface area contributed by atoms with E-state index in [0.717, 1.165) is 24.3 Å². The highest BCUT2D eigenvalue weighted by atomic mass is 35.5. The zero-order chi connectivity index (χ0) is 7.68. The molecule has 0 unspecified atom stereocenters. The van der Waals surface area contributed by atoms with Crippen LogP contribution >= 0.6 is 12.4 Å². The van der Waals surface area contributed by atoms with E-state index >= 15 is 0 Å². The molecule has 12 heavy (non-hydrogen) atoms. The van der Waals surface area contributed by atoms with Crippen LogP contribution in [0.15, 0.2) is 6.20 Å². The SMILES string of the molecule is Cl.Nc1ncc2c(n1)CCOC2. The van der Waals surface area contributed by atoms with Crippen LogP contribution in [0.5, 0.6) is 0 Å². The van der Waals surface area contributed by atoms with Crippen molar-refractivity contribution in [3.63, 3.8) is 0 Å². The fourth-order valence-corrected chi connectivity index (χ4v) is 1.15. The van der Waals surface area contributed by atoms with E-state index in [1.165, 1.54) is 0 Å². The number of halogens is 1. The molecule has 0 atom stereocenters. The van der Waals surface area contributed by atoms with Crippen LogP contribution in [-0.4, -0.2) is 16.6 Å². The molecule has 0 fully saturated rings. The Morgan fingerprint density at radius 3 is 3.17 bits per heavy atom. The van der Waals surface area contributed by atoms with Gasteiger partial charge in [-0.25, -0.2) is 9.97 Å². The van der Waals surface area contributed by atoms with Crippen LogP contribution in [0, 0.1) is 0 Å². The average molecular weight is 188 g/mol. The molecule has 0 aromatic carbocycles. The van der Waals surface area contributed by atoms with Crippen molar-refractivity contribution in [3.8, 4) is 0 Å². The number of fused-ring (bicyclic) bond motifs is 1. The van der Waals surface area contributed by atoms with E-state index in [4.69, 9.17) is 10.5 Å². The highest BCUT2D eigenvalue weighted by Crippen LogP contribution is 2.13. The summed E-state index contributed by atoms with van der Waals surface area (Å²) in [6.45, 7) is 1.36. The molecule has 66 valence electrons. The van der Waals surface area contributed by atoms with Gasteiger partial charge < -0.3 is 10.5 Å². The van der Waals surface area contributed by atoms with Crippen molar-refractivity contribution in [1.29, 1.82) is 0 Å². The molecule has 0 aliphatic carbocycles. The molecule has 5 heteroatoms. The first-order valence-electron chi connectivity index (χ1n) is 3.54. The Kier molecular flexibility index (Phi) is 2.83. The van der Waals surface area contributed by atoms with Gasteiger partial charge in [-0.2, -0.15) is 0 Å². The van der Waals surface area contributed by atoms with Gasteiger partial charge in [0.2, 0.25) is 5.95 Å². The number of nitrogens with two attached hydrogens (primary N) is 1. The molecular weight excluding hydrogens is 178 g/mol. The lowest BCUT2D eigenvalue weighted by Gasteiger charge is -2.14. The van der Waals surface area contributed by atoms with Crippen molar-refractivity contribution < 1.29 is 4.74 Å². The second kappa shape index (κ2) is 3.69. The average Bonchev–Trinajstić information content (AvgIpc) is 2.04. The Morgan fingerprint density at radius 2 is 2.33 bits per heavy atom. The maximum absolute atomic E-state index is 5.42. The van der Waals surface area contributed by atoms with Crippen LogP contribution in [-0.2, 0) is 17.8 Å². The smallest absolute Gasteiger partial charge is 0.220 e. The van der Waals surface area contributed by atoms with Gasteiger partial charge in [-0.05, 0) is 0 Å². The number of nitrogens with zero attached hydrogens (tertiary/aromatic N) is 2. The quantitative estimate of drug-likeness (QED) is 0.645. The molecular formula is C7H10ClN3O. The van der Waals surface area contributed by atoms with Crippen molar-refractivity contribution in [2.75, 3.05) is 12.3 Å². The Morgan fingerprint density at radius 1 is 1.50 bits per heavy atom. The summed E-state index contributed by atoms with van der Waals surface area (Å²) in [6.07, 6.45) is 2.58. The summed E-state index contributed by atoms with van der Waals surface area (Å²) in [4.78, 5) is 7.98. The zero-order valence-corrected chi connectivity index (χ0v) is 7.30. The Balaban J connectivity index is 0.000000720. The fraction of sp³-hybridized carbons (Fsp3) is 0.429. The Hall–Kier alpha value is -0.870. The molecule has 4 nitrogen and oxygen atoms in total. The number of nitrogen functional groups attached to an aromatic ring is 1. The lowest BCUT2D eigenvalue weighted by Crippen LogP contribution is -2.13. The third kappa shape index (κ3) is 1.65. The van der Waals surface area contributed by atoms with Crippen molar-refractivity contribution >= 4 is 18.4 Å². The number of aromatic nitrogens is 2. The fourth-order valence-electron chi connectivity index (χ4n) is 1.15. The molecule has 1 aromatic heterocycles. The van der Waals surface area contributed by atoms with Gasteiger partial charge in [0.1, 0.15) is 0 Å². The number of hydrogen-bond acceptors (Lipinski definition) is 4. The molecule has 0 bridgehead atoms. The molecule has 0 spiro atoms. The van der Waals surface area contributed by atoms with Crippen molar-refractivity contribution in [1.82, 2.24) is 9.97 Å². The van der Waals surface area contributed by atoms with E-state index in [0.29, 0.717) is 12.6 Å². The molecule has 2 heterocycles. The van der Waals surface area contributed by atoms with Crippen LogP contribution in [0.4, 0.5) is 5.95 Å². The van der Waals surface area contributed by atoms with Gasteiger partial charge in [-0.1, -0.05) is 0 Å². The summed E-state index contributed by atoms with van der Waals surface area (Å²) in [6, 6.07) is 0. The predicted octanol–water partition coefficient (Wildman–Crippen LogP) is 0.553. The van der Waals surface area contributed by atoms with Crippen LogP contribution in [0.1, 0.15) is 11.3 Å². The Bertz CT molecular complexity index is 279. The first-order chi connectivity index (χ1) is 5.36. The Labute approximate surface area is 76.6 Å². The zero-order valence-electron chi connectivity index (χ0n) is 6.49. The largest absolute Gasteiger partial charge is 0.376 e. The predicted molar refractivity (Wildman–Crippen MR) is 47.1 cm³/mol. The van der Waals surface area contributed by atoms with Gasteiger partial charge in [0.15, 0.2) is 0 Å². The number of anilines is 1. The number of ether oxygens (including phenoxy) is 1. The summed E-state index contributed by atoms with van der Waals surface area (Å²) >= 11 is 0. The molecule has 0 saturated carbocycles. The minimum absolute atomic E-state index is 0. The van der Waals surface area contributed by atoms with Gasteiger partial charge in [-0.15, -0.1) is 12.4 Å². The van der Waals surface area contributed by atoms with Crippen LogP contribution in [0.2, 0.25) is 0 Å². The monoisotopic (exact) mass is 187 g/mol. The summed E-state index contributed by atoms with van der Waals surface area (Å²) < 4.78 is 5.21.